The van der Waals surface area contributed by atoms with Gasteiger partial charge in [0, 0.05) is 5.56 Å². The zero-order chi connectivity index (χ0) is 12.3. The second-order valence-electron chi connectivity index (χ2n) is 2.60. The lowest BCUT2D eigenvalue weighted by Crippen LogP contribution is -2.02. The van der Waals surface area contributed by atoms with Gasteiger partial charge in [0.05, 0.1) is 19.2 Å². The van der Waals surface area contributed by atoms with Gasteiger partial charge in [0.1, 0.15) is 4.90 Å². The summed E-state index contributed by atoms with van der Waals surface area (Å²) in [7, 11) is 1.07. The lowest BCUT2D eigenvalue weighted by atomic mass is 10.2. The number of rotatable bonds is 4. The Morgan fingerprint density at radius 1 is 0.938 bits per heavy atom. The Morgan fingerprint density at radius 3 is 1.88 bits per heavy atom. The van der Waals surface area contributed by atoms with Crippen LogP contribution in [0.3, 0.4) is 0 Å². The molecule has 0 aliphatic rings. The van der Waals surface area contributed by atoms with Gasteiger partial charge in [0.2, 0.25) is 0 Å². The number of hydrogen-bond acceptors (Lipinski definition) is 4. The van der Waals surface area contributed by atoms with E-state index in [0.29, 0.717) is 0 Å². The fraction of sp³-hybridized carbons (Fsp3) is 0.250. The highest BCUT2D eigenvalue weighted by atomic mass is 32.2. The molecule has 0 N–H and O–H groups in total. The molecule has 1 aromatic rings. The van der Waals surface area contributed by atoms with Crippen LogP contribution in [0.15, 0.2) is 4.90 Å². The average molecular weight is 258 g/mol. The molecule has 0 bridgehead atoms. The molecule has 16 heavy (non-hydrogen) atoms. The smallest absolute Gasteiger partial charge is 0.178 e. The molecule has 0 aromatic heterocycles. The predicted octanol–water partition coefficient (Wildman–Crippen LogP) is 3.07. The van der Waals surface area contributed by atoms with Crippen LogP contribution in [0.25, 0.3) is 0 Å². The van der Waals surface area contributed by atoms with Crippen LogP contribution in [0.4, 0.5) is 17.6 Å². The van der Waals surface area contributed by atoms with Crippen molar-refractivity contribution >= 4 is 12.0 Å². The first-order valence-corrected chi connectivity index (χ1v) is 4.61. The molecule has 0 fully saturated rings. The molecule has 0 atom stereocenters. The van der Waals surface area contributed by atoms with Crippen LogP contribution in [0.2, 0.25) is 0 Å². The standard InChI is InChI=1S/C8H6F4O3S/c1-3-4(9)6(11)8(7(12)5(3)10)16-15-14-13-2/h1-2H3. The fourth-order valence-corrected chi connectivity index (χ4v) is 1.35. The zero-order valence-electron chi connectivity index (χ0n) is 8.14. The van der Waals surface area contributed by atoms with Crippen molar-refractivity contribution in [2.24, 2.45) is 0 Å². The summed E-state index contributed by atoms with van der Waals surface area (Å²) in [6.45, 7) is 0.914. The van der Waals surface area contributed by atoms with E-state index < -0.39 is 33.7 Å². The van der Waals surface area contributed by atoms with E-state index >= 15 is 0 Å². The summed E-state index contributed by atoms with van der Waals surface area (Å²) in [5.41, 5.74) is -0.744. The fourth-order valence-electron chi connectivity index (χ4n) is 0.870. The SMILES string of the molecule is COOOSc1c(F)c(F)c(C)c(F)c1F. The van der Waals surface area contributed by atoms with Crippen molar-refractivity contribution in [3.05, 3.63) is 28.8 Å². The summed E-state index contributed by atoms with van der Waals surface area (Å²) >= 11 is -0.0419. The van der Waals surface area contributed by atoms with E-state index in [1.165, 1.54) is 0 Å². The molecule has 3 nitrogen and oxygen atoms in total. The molecule has 0 spiro atoms. The summed E-state index contributed by atoms with van der Waals surface area (Å²) in [6, 6.07) is 0. The molecular formula is C8H6F4O3S. The van der Waals surface area contributed by atoms with Crippen molar-refractivity contribution in [3.63, 3.8) is 0 Å². The topological polar surface area (TPSA) is 27.7 Å². The predicted molar refractivity (Wildman–Crippen MR) is 46.0 cm³/mol. The lowest BCUT2D eigenvalue weighted by molar-refractivity contribution is -0.447. The Balaban J connectivity index is 3.08. The Hall–Kier alpha value is -0.830. The maximum Gasteiger partial charge on any atom is 0.178 e. The number of halogens is 4. The van der Waals surface area contributed by atoms with E-state index in [9.17, 15) is 17.6 Å². The van der Waals surface area contributed by atoms with E-state index in [4.69, 9.17) is 0 Å². The quantitative estimate of drug-likeness (QED) is 0.207. The molecule has 90 valence electrons. The van der Waals surface area contributed by atoms with Crippen LogP contribution in [-0.4, -0.2) is 7.11 Å². The third-order valence-corrected chi connectivity index (χ3v) is 2.30. The Labute approximate surface area is 92.4 Å². The van der Waals surface area contributed by atoms with Crippen LogP contribution in [-0.2, 0) is 14.3 Å². The monoisotopic (exact) mass is 258 g/mol. The Bertz CT molecular complexity index is 370. The molecule has 0 unspecified atom stereocenters. The molecule has 0 heterocycles. The van der Waals surface area contributed by atoms with E-state index in [1.807, 2.05) is 0 Å². The Morgan fingerprint density at radius 2 is 1.44 bits per heavy atom. The summed E-state index contributed by atoms with van der Waals surface area (Å²) in [6.07, 6.45) is 0. The second kappa shape index (κ2) is 5.48. The van der Waals surface area contributed by atoms with Crippen LogP contribution in [0, 0.1) is 30.2 Å². The number of benzene rings is 1. The maximum absolute atomic E-state index is 13.2. The van der Waals surface area contributed by atoms with Crippen molar-refractivity contribution < 1.29 is 31.8 Å². The summed E-state index contributed by atoms with van der Waals surface area (Å²) in [5.74, 6) is -6.08. The molecule has 8 heteroatoms. The van der Waals surface area contributed by atoms with Crippen LogP contribution in [0.5, 0.6) is 0 Å². The zero-order valence-corrected chi connectivity index (χ0v) is 8.96. The highest BCUT2D eigenvalue weighted by molar-refractivity contribution is 7.94. The minimum absolute atomic E-state index is 0.0419. The van der Waals surface area contributed by atoms with Gasteiger partial charge in [-0.05, 0) is 6.92 Å². The first kappa shape index (κ1) is 13.2. The van der Waals surface area contributed by atoms with Gasteiger partial charge >= 0.3 is 0 Å². The van der Waals surface area contributed by atoms with Gasteiger partial charge in [-0.3, -0.25) is 0 Å². The maximum atomic E-state index is 13.2. The van der Waals surface area contributed by atoms with Crippen molar-refractivity contribution in [1.82, 2.24) is 0 Å². The molecule has 0 radical (unpaired) electrons. The van der Waals surface area contributed by atoms with Gasteiger partial charge in [-0.15, -0.1) is 4.33 Å². The lowest BCUT2D eigenvalue weighted by Gasteiger charge is -2.07. The minimum Gasteiger partial charge on any atom is -0.209 e. The summed E-state index contributed by atoms with van der Waals surface area (Å²) in [4.78, 5) is 2.96. The van der Waals surface area contributed by atoms with Crippen molar-refractivity contribution in [3.8, 4) is 0 Å². The van der Waals surface area contributed by atoms with Crippen LogP contribution >= 0.6 is 12.0 Å². The number of hydrogen-bond donors (Lipinski definition) is 0. The van der Waals surface area contributed by atoms with E-state index in [-0.39, 0.29) is 12.0 Å². The molecule has 1 aromatic carbocycles. The first-order chi connectivity index (χ1) is 7.50. The van der Waals surface area contributed by atoms with Crippen molar-refractivity contribution in [2.45, 2.75) is 11.8 Å². The third kappa shape index (κ3) is 2.46. The van der Waals surface area contributed by atoms with Gasteiger partial charge in [0.15, 0.2) is 23.3 Å². The Kier molecular flexibility index (Phi) is 4.54. The molecule has 0 aliphatic heterocycles. The normalized spacial score (nSPS) is 10.9. The molecule has 0 amide bonds. The third-order valence-electron chi connectivity index (χ3n) is 1.66. The molecule has 0 saturated heterocycles. The van der Waals surface area contributed by atoms with Crippen LogP contribution in [0.1, 0.15) is 5.56 Å². The van der Waals surface area contributed by atoms with Gasteiger partial charge < -0.3 is 0 Å². The van der Waals surface area contributed by atoms with E-state index in [1.54, 1.807) is 0 Å². The van der Waals surface area contributed by atoms with Crippen LogP contribution < -0.4 is 0 Å². The molecule has 1 rings (SSSR count). The van der Waals surface area contributed by atoms with Crippen molar-refractivity contribution in [2.75, 3.05) is 7.11 Å². The molecule has 0 saturated carbocycles. The van der Waals surface area contributed by atoms with Gasteiger partial charge in [-0.1, -0.05) is 5.04 Å². The highest BCUT2D eigenvalue weighted by Gasteiger charge is 2.24. The summed E-state index contributed by atoms with van der Waals surface area (Å²) < 4.78 is 56.4. The van der Waals surface area contributed by atoms with E-state index in [0.717, 1.165) is 14.0 Å². The molecular weight excluding hydrogens is 252 g/mol. The second-order valence-corrected chi connectivity index (χ2v) is 3.31. The molecule has 0 aliphatic carbocycles. The van der Waals surface area contributed by atoms with Crippen molar-refractivity contribution in [1.29, 1.82) is 0 Å². The van der Waals surface area contributed by atoms with Gasteiger partial charge in [0.25, 0.3) is 0 Å². The first-order valence-electron chi connectivity index (χ1n) is 3.87. The summed E-state index contributed by atoms with van der Waals surface area (Å²) in [5, 5.41) is 3.84. The van der Waals surface area contributed by atoms with Gasteiger partial charge in [-0.2, -0.15) is 0 Å². The van der Waals surface area contributed by atoms with E-state index in [2.05, 4.69) is 14.3 Å². The van der Waals surface area contributed by atoms with Gasteiger partial charge in [-0.25, -0.2) is 22.4 Å². The highest BCUT2D eigenvalue weighted by Crippen LogP contribution is 2.31. The average Bonchev–Trinajstić information content (AvgIpc) is 2.28. The minimum atomic E-state index is -1.55. The largest absolute Gasteiger partial charge is 0.209 e.